The van der Waals surface area contributed by atoms with Gasteiger partial charge in [0.15, 0.2) is 0 Å². The number of aliphatic hydroxyl groups is 1. The van der Waals surface area contributed by atoms with Crippen molar-refractivity contribution in [2.75, 3.05) is 42.6 Å². The Balaban J connectivity index is 1.78. The second-order valence-corrected chi connectivity index (χ2v) is 11.4. The van der Waals surface area contributed by atoms with Crippen molar-refractivity contribution in [2.24, 2.45) is 17.8 Å². The summed E-state index contributed by atoms with van der Waals surface area (Å²) in [6.07, 6.45) is 2.77. The van der Waals surface area contributed by atoms with Crippen LogP contribution in [0.4, 0.5) is 11.4 Å². The number of fused-ring (bicyclic) bond motifs is 1. The zero-order valence-electron chi connectivity index (χ0n) is 24.5. The van der Waals surface area contributed by atoms with E-state index in [0.717, 1.165) is 18.8 Å². The summed E-state index contributed by atoms with van der Waals surface area (Å²) in [6, 6.07) is 6.26. The Kier molecular flexibility index (Phi) is 9.25. The molecule has 2 unspecified atom stereocenters. The van der Waals surface area contributed by atoms with Gasteiger partial charge >= 0.3 is 5.97 Å². The summed E-state index contributed by atoms with van der Waals surface area (Å²) >= 11 is 0. The lowest BCUT2D eigenvalue weighted by atomic mass is 9.70. The van der Waals surface area contributed by atoms with E-state index in [1.807, 2.05) is 38.1 Å². The van der Waals surface area contributed by atoms with Crippen LogP contribution in [0.2, 0.25) is 0 Å². The molecule has 1 N–H and O–H groups in total. The lowest BCUT2D eigenvalue weighted by Gasteiger charge is -2.39. The predicted molar refractivity (Wildman–Crippen MR) is 154 cm³/mol. The quantitative estimate of drug-likeness (QED) is 0.294. The summed E-state index contributed by atoms with van der Waals surface area (Å²) in [4.78, 5) is 47.4. The number of benzene rings is 1. The number of nitrogens with zero attached hydrogens (tertiary/aromatic N) is 3. The third-order valence-electron chi connectivity index (χ3n) is 8.75. The van der Waals surface area contributed by atoms with Crippen molar-refractivity contribution in [3.8, 4) is 0 Å². The van der Waals surface area contributed by atoms with Crippen molar-refractivity contribution in [2.45, 2.75) is 77.7 Å². The van der Waals surface area contributed by atoms with Gasteiger partial charge < -0.3 is 29.3 Å². The summed E-state index contributed by atoms with van der Waals surface area (Å²) in [5.74, 6) is -2.47. The molecular formula is C31H45N3O6. The molecule has 220 valence electrons. The maximum atomic E-state index is 14.7. The highest BCUT2D eigenvalue weighted by molar-refractivity contribution is 6.05. The molecule has 9 nitrogen and oxygen atoms in total. The van der Waals surface area contributed by atoms with Crippen LogP contribution in [0.1, 0.15) is 53.9 Å². The summed E-state index contributed by atoms with van der Waals surface area (Å²) in [5.41, 5.74) is 0.594. The van der Waals surface area contributed by atoms with Gasteiger partial charge in [0.1, 0.15) is 11.6 Å². The molecule has 1 spiro atoms. The molecule has 4 rings (SSSR count). The number of likely N-dealkylation sites (tertiary alicyclic amines) is 1. The van der Waals surface area contributed by atoms with Gasteiger partial charge in [0, 0.05) is 31.0 Å². The summed E-state index contributed by atoms with van der Waals surface area (Å²) < 4.78 is 11.9. The number of ether oxygens (including phenoxy) is 2. The smallest absolute Gasteiger partial charge is 0.312 e. The van der Waals surface area contributed by atoms with Crippen molar-refractivity contribution < 1.29 is 29.0 Å². The molecule has 3 aliphatic heterocycles. The van der Waals surface area contributed by atoms with Gasteiger partial charge in [-0.3, -0.25) is 14.4 Å². The standard InChI is InChI=1S/C31H45N3O6/c1-7-17-33(22-13-11-21(12-14-22)32(8-2)9-3)29(37)27-31-16-15-24(40-31)25(30(38)39-10-4)26(31)28(36)34(27)23(19-35)18-20(5)6/h7,11-14,20,23-27,35H,1,8-10,15-19H2,2-6H3/t23-,24+,25-,26+,27?,31?/m1/s1. The first-order valence-electron chi connectivity index (χ1n) is 14.7. The zero-order valence-corrected chi connectivity index (χ0v) is 24.5. The van der Waals surface area contributed by atoms with Crippen molar-refractivity contribution in [1.82, 2.24) is 4.90 Å². The highest BCUT2D eigenvalue weighted by atomic mass is 16.6. The van der Waals surface area contributed by atoms with Crippen LogP contribution in [0.25, 0.3) is 0 Å². The van der Waals surface area contributed by atoms with E-state index in [0.29, 0.717) is 24.9 Å². The van der Waals surface area contributed by atoms with Crippen LogP contribution in [0.3, 0.4) is 0 Å². The average Bonchev–Trinajstić information content (AvgIpc) is 3.58. The molecule has 1 aromatic carbocycles. The van der Waals surface area contributed by atoms with Crippen LogP contribution in [-0.2, 0) is 23.9 Å². The molecule has 3 fully saturated rings. The molecule has 2 amide bonds. The number of amides is 2. The molecule has 0 saturated carbocycles. The summed E-state index contributed by atoms with van der Waals surface area (Å²) in [6.45, 7) is 15.7. The van der Waals surface area contributed by atoms with E-state index in [9.17, 15) is 19.5 Å². The van der Waals surface area contributed by atoms with E-state index < -0.39 is 41.6 Å². The van der Waals surface area contributed by atoms with Crippen LogP contribution >= 0.6 is 0 Å². The average molecular weight is 556 g/mol. The van der Waals surface area contributed by atoms with E-state index >= 15 is 0 Å². The van der Waals surface area contributed by atoms with Gasteiger partial charge in [-0.05, 0) is 70.2 Å². The molecule has 0 radical (unpaired) electrons. The topological polar surface area (TPSA) is 99.6 Å². The number of hydrogen-bond acceptors (Lipinski definition) is 7. The van der Waals surface area contributed by atoms with Crippen LogP contribution in [0, 0.1) is 17.8 Å². The normalized spacial score (nSPS) is 27.6. The Labute approximate surface area is 238 Å². The maximum absolute atomic E-state index is 14.7. The van der Waals surface area contributed by atoms with E-state index in [1.54, 1.807) is 22.8 Å². The van der Waals surface area contributed by atoms with Crippen molar-refractivity contribution in [3.63, 3.8) is 0 Å². The zero-order chi connectivity index (χ0) is 29.2. The van der Waals surface area contributed by atoms with Crippen LogP contribution < -0.4 is 9.80 Å². The molecule has 3 saturated heterocycles. The van der Waals surface area contributed by atoms with Crippen LogP contribution in [-0.4, -0.2) is 84.4 Å². The minimum atomic E-state index is -1.15. The predicted octanol–water partition coefficient (Wildman–Crippen LogP) is 3.40. The minimum absolute atomic E-state index is 0.175. The molecule has 1 aromatic rings. The molecule has 3 aliphatic rings. The first kappa shape index (κ1) is 30.1. The van der Waals surface area contributed by atoms with Crippen molar-refractivity contribution >= 4 is 29.2 Å². The second kappa shape index (κ2) is 12.3. The Hall–Kier alpha value is -2.91. The largest absolute Gasteiger partial charge is 0.466 e. The van der Waals surface area contributed by atoms with Gasteiger partial charge in [-0.1, -0.05) is 19.9 Å². The molecule has 0 aromatic heterocycles. The highest BCUT2D eigenvalue weighted by Gasteiger charge is 2.75. The molecule has 9 heteroatoms. The van der Waals surface area contributed by atoms with Crippen molar-refractivity contribution in [3.05, 3.63) is 36.9 Å². The van der Waals surface area contributed by atoms with E-state index in [-0.39, 0.29) is 37.5 Å². The fraction of sp³-hybridized carbons (Fsp3) is 0.645. The number of aliphatic hydroxyl groups excluding tert-OH is 1. The Morgan fingerprint density at radius 1 is 1.20 bits per heavy atom. The van der Waals surface area contributed by atoms with Crippen LogP contribution in [0.15, 0.2) is 36.9 Å². The lowest BCUT2D eigenvalue weighted by molar-refractivity contribution is -0.155. The third kappa shape index (κ3) is 5.02. The number of carbonyl (C=O) groups excluding carboxylic acids is 3. The van der Waals surface area contributed by atoms with E-state index in [1.165, 1.54) is 0 Å². The van der Waals surface area contributed by atoms with E-state index in [4.69, 9.17) is 9.47 Å². The van der Waals surface area contributed by atoms with Gasteiger partial charge in [0.2, 0.25) is 5.91 Å². The molecule has 6 atom stereocenters. The molecule has 0 aliphatic carbocycles. The molecule has 3 heterocycles. The van der Waals surface area contributed by atoms with Gasteiger partial charge in [0.05, 0.1) is 37.2 Å². The van der Waals surface area contributed by atoms with Gasteiger partial charge in [-0.25, -0.2) is 0 Å². The fourth-order valence-corrected chi connectivity index (χ4v) is 7.12. The van der Waals surface area contributed by atoms with Gasteiger partial charge in [-0.2, -0.15) is 0 Å². The Morgan fingerprint density at radius 3 is 2.40 bits per heavy atom. The summed E-state index contributed by atoms with van der Waals surface area (Å²) in [5, 5.41) is 10.5. The Bertz CT molecular complexity index is 1090. The SMILES string of the molecule is C=CCN(C(=O)C1N([C@@H](CO)CC(C)C)C(=O)[C@@H]2[C@H](C(=O)OCC)[C@@H]3CCC12O3)c1ccc(N(CC)CC)cc1. The molecule has 2 bridgehead atoms. The number of hydrogen-bond donors (Lipinski definition) is 1. The minimum Gasteiger partial charge on any atom is -0.466 e. The molecule has 40 heavy (non-hydrogen) atoms. The number of anilines is 2. The number of esters is 1. The first-order valence-corrected chi connectivity index (χ1v) is 14.7. The maximum Gasteiger partial charge on any atom is 0.312 e. The van der Waals surface area contributed by atoms with Gasteiger partial charge in [-0.15, -0.1) is 6.58 Å². The first-order chi connectivity index (χ1) is 19.2. The summed E-state index contributed by atoms with van der Waals surface area (Å²) in [7, 11) is 0. The van der Waals surface area contributed by atoms with E-state index in [2.05, 4.69) is 25.3 Å². The number of rotatable bonds is 13. The second-order valence-electron chi connectivity index (χ2n) is 11.4. The third-order valence-corrected chi connectivity index (χ3v) is 8.75. The van der Waals surface area contributed by atoms with Crippen LogP contribution in [0.5, 0.6) is 0 Å². The number of carbonyl (C=O) groups is 3. The fourth-order valence-electron chi connectivity index (χ4n) is 7.12. The van der Waals surface area contributed by atoms with Crippen molar-refractivity contribution in [1.29, 1.82) is 0 Å². The van der Waals surface area contributed by atoms with Gasteiger partial charge in [0.25, 0.3) is 5.91 Å². The molecular weight excluding hydrogens is 510 g/mol. The monoisotopic (exact) mass is 555 g/mol. The lowest BCUT2D eigenvalue weighted by Crippen LogP contribution is -2.59. The highest BCUT2D eigenvalue weighted by Crippen LogP contribution is 2.59. The Morgan fingerprint density at radius 2 is 1.85 bits per heavy atom.